The highest BCUT2D eigenvalue weighted by Gasteiger charge is 2.28. The summed E-state index contributed by atoms with van der Waals surface area (Å²) in [5.74, 6) is -0.483. The van der Waals surface area contributed by atoms with Gasteiger partial charge in [0, 0.05) is 13.1 Å². The van der Waals surface area contributed by atoms with Crippen LogP contribution in [0.15, 0.2) is 24.3 Å². The highest BCUT2D eigenvalue weighted by Crippen LogP contribution is 2.28. The maximum Gasteiger partial charge on any atom is 0.339 e. The van der Waals surface area contributed by atoms with Gasteiger partial charge in [-0.2, -0.15) is 0 Å². The molecule has 110 valence electrons. The van der Waals surface area contributed by atoms with Crippen molar-refractivity contribution in [2.75, 3.05) is 26.2 Å². The second kappa shape index (κ2) is 6.27. The minimum atomic E-state index is -0.943. The van der Waals surface area contributed by atoms with E-state index in [0.29, 0.717) is 17.8 Å². The molecule has 2 rings (SSSR count). The van der Waals surface area contributed by atoms with Gasteiger partial charge in [0.2, 0.25) is 0 Å². The zero-order valence-electron chi connectivity index (χ0n) is 12.3. The Morgan fingerprint density at radius 1 is 1.40 bits per heavy atom. The van der Waals surface area contributed by atoms with Gasteiger partial charge in [-0.15, -0.1) is 0 Å². The zero-order chi connectivity index (χ0) is 14.6. The highest BCUT2D eigenvalue weighted by atomic mass is 16.5. The number of hydrogen-bond acceptors (Lipinski definition) is 3. The molecule has 4 nitrogen and oxygen atoms in total. The van der Waals surface area contributed by atoms with Crippen molar-refractivity contribution >= 4 is 5.97 Å². The number of likely N-dealkylation sites (tertiary alicyclic amines) is 1. The van der Waals surface area contributed by atoms with Gasteiger partial charge in [0.05, 0.1) is 6.61 Å². The van der Waals surface area contributed by atoms with E-state index in [0.717, 1.165) is 26.1 Å². The van der Waals surface area contributed by atoms with Gasteiger partial charge in [-0.05, 0) is 36.9 Å². The number of carboxylic acid groups (broad SMARTS) is 1. The van der Waals surface area contributed by atoms with Crippen LogP contribution in [0.1, 0.15) is 37.0 Å². The van der Waals surface area contributed by atoms with E-state index in [1.165, 1.54) is 6.42 Å². The molecule has 0 bridgehead atoms. The third-order valence-corrected chi connectivity index (χ3v) is 3.75. The lowest BCUT2D eigenvalue weighted by Gasteiger charge is -2.19. The van der Waals surface area contributed by atoms with Crippen molar-refractivity contribution in [1.82, 2.24) is 4.90 Å². The fraction of sp³-hybridized carbons (Fsp3) is 0.562. The van der Waals surface area contributed by atoms with Crippen LogP contribution in [0.25, 0.3) is 0 Å². The Bertz CT molecular complexity index is 471. The van der Waals surface area contributed by atoms with Crippen LogP contribution in [0.5, 0.6) is 5.75 Å². The number of ether oxygens (including phenoxy) is 1. The average molecular weight is 277 g/mol. The molecule has 1 fully saturated rings. The molecule has 1 aromatic rings. The zero-order valence-corrected chi connectivity index (χ0v) is 12.3. The summed E-state index contributed by atoms with van der Waals surface area (Å²) in [6.07, 6.45) is 2.17. The Balaban J connectivity index is 1.75. The molecule has 1 N–H and O–H groups in total. The molecule has 0 aromatic heterocycles. The molecule has 0 aliphatic carbocycles. The van der Waals surface area contributed by atoms with Crippen molar-refractivity contribution in [3.8, 4) is 5.75 Å². The van der Waals surface area contributed by atoms with Crippen LogP contribution in [0.3, 0.4) is 0 Å². The van der Waals surface area contributed by atoms with Crippen molar-refractivity contribution in [2.45, 2.75) is 26.7 Å². The standard InChI is InChI=1S/C16H23NO3/c1-16(2)8-10-17(12-16)9-5-11-20-14-7-4-3-6-13(14)15(18)19/h3-4,6-7H,5,8-12H2,1-2H3,(H,18,19). The van der Waals surface area contributed by atoms with E-state index in [4.69, 9.17) is 9.84 Å². The molecule has 0 atom stereocenters. The summed E-state index contributed by atoms with van der Waals surface area (Å²) >= 11 is 0. The second-order valence-corrected chi connectivity index (χ2v) is 6.19. The molecule has 0 unspecified atom stereocenters. The van der Waals surface area contributed by atoms with E-state index in [9.17, 15) is 4.79 Å². The number of para-hydroxylation sites is 1. The van der Waals surface area contributed by atoms with Crippen molar-refractivity contribution in [2.24, 2.45) is 5.41 Å². The van der Waals surface area contributed by atoms with E-state index in [2.05, 4.69) is 18.7 Å². The normalized spacial score (nSPS) is 18.1. The third-order valence-electron chi connectivity index (χ3n) is 3.75. The second-order valence-electron chi connectivity index (χ2n) is 6.19. The van der Waals surface area contributed by atoms with Gasteiger partial charge in [-0.1, -0.05) is 26.0 Å². The van der Waals surface area contributed by atoms with E-state index in [-0.39, 0.29) is 5.56 Å². The predicted octanol–water partition coefficient (Wildman–Crippen LogP) is 2.89. The maximum atomic E-state index is 11.0. The average Bonchev–Trinajstić information content (AvgIpc) is 2.74. The Kier molecular flexibility index (Phi) is 4.65. The maximum absolute atomic E-state index is 11.0. The van der Waals surface area contributed by atoms with Gasteiger partial charge in [0.1, 0.15) is 11.3 Å². The molecule has 1 aliphatic rings. The van der Waals surface area contributed by atoms with Crippen LogP contribution >= 0.6 is 0 Å². The number of rotatable bonds is 6. The first-order valence-electron chi connectivity index (χ1n) is 7.15. The van der Waals surface area contributed by atoms with Crippen LogP contribution < -0.4 is 4.74 Å². The lowest BCUT2D eigenvalue weighted by molar-refractivity contribution is 0.0692. The lowest BCUT2D eigenvalue weighted by atomic mass is 9.93. The quantitative estimate of drug-likeness (QED) is 0.812. The Labute approximate surface area is 120 Å². The molecule has 0 radical (unpaired) electrons. The molecule has 1 aliphatic heterocycles. The van der Waals surface area contributed by atoms with Crippen LogP contribution in [-0.2, 0) is 0 Å². The Hall–Kier alpha value is -1.55. The van der Waals surface area contributed by atoms with Gasteiger partial charge < -0.3 is 14.7 Å². The Morgan fingerprint density at radius 2 is 2.15 bits per heavy atom. The minimum Gasteiger partial charge on any atom is -0.493 e. The fourth-order valence-corrected chi connectivity index (χ4v) is 2.65. The van der Waals surface area contributed by atoms with Gasteiger partial charge in [-0.25, -0.2) is 4.79 Å². The summed E-state index contributed by atoms with van der Waals surface area (Å²) < 4.78 is 5.60. The first-order chi connectivity index (χ1) is 9.48. The monoisotopic (exact) mass is 277 g/mol. The number of hydrogen-bond donors (Lipinski definition) is 1. The summed E-state index contributed by atoms with van der Waals surface area (Å²) in [4.78, 5) is 13.5. The largest absolute Gasteiger partial charge is 0.493 e. The molecule has 0 saturated carbocycles. The summed E-state index contributed by atoms with van der Waals surface area (Å²) in [5, 5.41) is 9.06. The van der Waals surface area contributed by atoms with Crippen molar-refractivity contribution in [3.05, 3.63) is 29.8 Å². The molecule has 0 spiro atoms. The molecule has 20 heavy (non-hydrogen) atoms. The van der Waals surface area contributed by atoms with Crippen LogP contribution in [0, 0.1) is 5.41 Å². The Morgan fingerprint density at radius 3 is 2.80 bits per heavy atom. The van der Waals surface area contributed by atoms with Gasteiger partial charge in [0.15, 0.2) is 0 Å². The van der Waals surface area contributed by atoms with E-state index < -0.39 is 5.97 Å². The number of aromatic carboxylic acids is 1. The van der Waals surface area contributed by atoms with Gasteiger partial charge in [-0.3, -0.25) is 0 Å². The molecule has 1 aromatic carbocycles. The van der Waals surface area contributed by atoms with Crippen molar-refractivity contribution in [3.63, 3.8) is 0 Å². The number of carbonyl (C=O) groups is 1. The summed E-state index contributed by atoms with van der Waals surface area (Å²) in [7, 11) is 0. The van der Waals surface area contributed by atoms with Crippen molar-refractivity contribution in [1.29, 1.82) is 0 Å². The lowest BCUT2D eigenvalue weighted by Crippen LogP contribution is -2.25. The van der Waals surface area contributed by atoms with E-state index >= 15 is 0 Å². The summed E-state index contributed by atoms with van der Waals surface area (Å²) in [5.41, 5.74) is 0.659. The first kappa shape index (κ1) is 14.9. The van der Waals surface area contributed by atoms with E-state index in [1.54, 1.807) is 24.3 Å². The number of carboxylic acids is 1. The minimum absolute atomic E-state index is 0.231. The van der Waals surface area contributed by atoms with Crippen LogP contribution in [-0.4, -0.2) is 42.2 Å². The molecular weight excluding hydrogens is 254 g/mol. The molecule has 4 heteroatoms. The number of nitrogens with zero attached hydrogens (tertiary/aromatic N) is 1. The van der Waals surface area contributed by atoms with Crippen LogP contribution in [0.4, 0.5) is 0 Å². The topological polar surface area (TPSA) is 49.8 Å². The summed E-state index contributed by atoms with van der Waals surface area (Å²) in [6, 6.07) is 6.79. The fourth-order valence-electron chi connectivity index (χ4n) is 2.65. The smallest absolute Gasteiger partial charge is 0.339 e. The molecule has 1 heterocycles. The van der Waals surface area contributed by atoms with Gasteiger partial charge >= 0.3 is 5.97 Å². The molecule has 1 saturated heterocycles. The van der Waals surface area contributed by atoms with E-state index in [1.807, 2.05) is 0 Å². The van der Waals surface area contributed by atoms with Crippen LogP contribution in [0.2, 0.25) is 0 Å². The predicted molar refractivity (Wildman–Crippen MR) is 78.4 cm³/mol. The summed E-state index contributed by atoms with van der Waals surface area (Å²) in [6.45, 7) is 8.45. The third kappa shape index (κ3) is 3.97. The number of benzene rings is 1. The van der Waals surface area contributed by atoms with Crippen molar-refractivity contribution < 1.29 is 14.6 Å². The molecular formula is C16H23NO3. The SMILES string of the molecule is CC1(C)CCN(CCCOc2ccccc2C(=O)O)C1. The highest BCUT2D eigenvalue weighted by molar-refractivity contribution is 5.90. The first-order valence-corrected chi connectivity index (χ1v) is 7.15. The molecule has 0 amide bonds. The van der Waals surface area contributed by atoms with Gasteiger partial charge in [0.25, 0.3) is 0 Å².